The van der Waals surface area contributed by atoms with E-state index in [1.165, 1.54) is 12.1 Å². The van der Waals surface area contributed by atoms with Gasteiger partial charge in [-0.2, -0.15) is 0 Å². The van der Waals surface area contributed by atoms with Crippen molar-refractivity contribution < 1.29 is 14.5 Å². The monoisotopic (exact) mass is 308 g/mol. The fourth-order valence-electron chi connectivity index (χ4n) is 1.73. The predicted octanol–water partition coefficient (Wildman–Crippen LogP) is 2.09. The molecule has 7 nitrogen and oxygen atoms in total. The summed E-state index contributed by atoms with van der Waals surface area (Å²) in [6, 6.07) is 5.82. The van der Waals surface area contributed by atoms with Crippen LogP contribution in [-0.2, 0) is 9.53 Å². The van der Waals surface area contributed by atoms with Gasteiger partial charge in [0, 0.05) is 12.1 Å². The first-order chi connectivity index (χ1) is 10.0. The molecule has 1 N–H and O–H groups in total. The average molecular weight is 308 g/mol. The van der Waals surface area contributed by atoms with E-state index in [4.69, 9.17) is 4.74 Å². The zero-order chi connectivity index (χ0) is 15.4. The molecule has 0 aliphatic rings. The lowest BCUT2D eigenvalue weighted by Crippen LogP contribution is -2.11. The Kier molecular flexibility index (Phi) is 4.59. The predicted molar refractivity (Wildman–Crippen MR) is 78.6 cm³/mol. The standard InChI is InChI=1S/C13H12N2O5S/c1-2-20-12(16)7-21-11-5-8-3-4-9(15(18)19)6-10(8)14-13(11)17/h3-6H,2,7H2,1H3,(H,14,17). The molecule has 0 unspecified atom stereocenters. The third-order valence-electron chi connectivity index (χ3n) is 2.66. The van der Waals surface area contributed by atoms with E-state index in [-0.39, 0.29) is 18.0 Å². The molecule has 2 aromatic rings. The molecule has 0 bridgehead atoms. The lowest BCUT2D eigenvalue weighted by Gasteiger charge is -2.03. The summed E-state index contributed by atoms with van der Waals surface area (Å²) in [5.74, 6) is -0.360. The third-order valence-corrected chi connectivity index (χ3v) is 3.65. The molecule has 2 rings (SSSR count). The number of nitro groups is 1. The van der Waals surface area contributed by atoms with Crippen LogP contribution >= 0.6 is 11.8 Å². The fourth-order valence-corrected chi connectivity index (χ4v) is 2.48. The van der Waals surface area contributed by atoms with Crippen LogP contribution in [0.2, 0.25) is 0 Å². The molecule has 0 aliphatic heterocycles. The summed E-state index contributed by atoms with van der Waals surface area (Å²) in [6.45, 7) is 2.00. The first-order valence-electron chi connectivity index (χ1n) is 6.11. The van der Waals surface area contributed by atoms with Crippen molar-refractivity contribution in [1.29, 1.82) is 0 Å². The maximum absolute atomic E-state index is 11.9. The minimum Gasteiger partial charge on any atom is -0.465 e. The Balaban J connectivity index is 2.29. The van der Waals surface area contributed by atoms with E-state index in [9.17, 15) is 19.7 Å². The van der Waals surface area contributed by atoms with Crippen LogP contribution < -0.4 is 5.56 Å². The third kappa shape index (κ3) is 3.60. The summed E-state index contributed by atoms with van der Waals surface area (Å²) in [7, 11) is 0. The molecule has 0 saturated heterocycles. The summed E-state index contributed by atoms with van der Waals surface area (Å²) in [5, 5.41) is 11.4. The van der Waals surface area contributed by atoms with Crippen LogP contribution in [0, 0.1) is 10.1 Å². The van der Waals surface area contributed by atoms with Gasteiger partial charge in [-0.1, -0.05) is 0 Å². The first kappa shape index (κ1) is 15.0. The summed E-state index contributed by atoms with van der Waals surface area (Å²) < 4.78 is 4.79. The van der Waals surface area contributed by atoms with E-state index in [1.807, 2.05) is 0 Å². The number of H-pyrrole nitrogens is 1. The maximum Gasteiger partial charge on any atom is 0.316 e. The smallest absolute Gasteiger partial charge is 0.316 e. The van der Waals surface area contributed by atoms with Crippen LogP contribution in [0.5, 0.6) is 0 Å². The number of aromatic nitrogens is 1. The number of pyridine rings is 1. The highest BCUT2D eigenvalue weighted by molar-refractivity contribution is 8.00. The number of carbonyl (C=O) groups is 1. The number of rotatable bonds is 5. The minimum atomic E-state index is -0.527. The number of carbonyl (C=O) groups excluding carboxylic acids is 1. The SMILES string of the molecule is CCOC(=O)CSc1cc2ccc([N+](=O)[O-])cc2[nH]c1=O. The van der Waals surface area contributed by atoms with Crippen LogP contribution in [0.15, 0.2) is 34.0 Å². The van der Waals surface area contributed by atoms with Gasteiger partial charge in [-0.15, -0.1) is 11.8 Å². The van der Waals surface area contributed by atoms with Crippen molar-refractivity contribution in [3.63, 3.8) is 0 Å². The van der Waals surface area contributed by atoms with Crippen molar-refractivity contribution >= 4 is 34.3 Å². The quantitative estimate of drug-likeness (QED) is 0.393. The van der Waals surface area contributed by atoms with Gasteiger partial charge < -0.3 is 9.72 Å². The fraction of sp³-hybridized carbons (Fsp3) is 0.231. The van der Waals surface area contributed by atoms with Crippen LogP contribution in [0.3, 0.4) is 0 Å². The van der Waals surface area contributed by atoms with Crippen LogP contribution in [0.25, 0.3) is 10.9 Å². The van der Waals surface area contributed by atoms with E-state index in [1.54, 1.807) is 19.1 Å². The molecule has 0 fully saturated rings. The number of aromatic amines is 1. The second kappa shape index (κ2) is 6.40. The zero-order valence-corrected chi connectivity index (χ0v) is 11.9. The molecule has 0 saturated carbocycles. The van der Waals surface area contributed by atoms with E-state index in [0.717, 1.165) is 11.8 Å². The normalized spacial score (nSPS) is 10.5. The molecule has 0 aliphatic carbocycles. The number of fused-ring (bicyclic) bond motifs is 1. The van der Waals surface area contributed by atoms with Crippen LogP contribution in [0.1, 0.15) is 6.92 Å². The van der Waals surface area contributed by atoms with E-state index >= 15 is 0 Å². The Morgan fingerprint density at radius 3 is 2.86 bits per heavy atom. The molecule has 0 radical (unpaired) electrons. The minimum absolute atomic E-state index is 0.0371. The van der Waals surface area contributed by atoms with Crippen molar-refractivity contribution in [2.45, 2.75) is 11.8 Å². The van der Waals surface area contributed by atoms with Crippen molar-refractivity contribution in [2.24, 2.45) is 0 Å². The largest absolute Gasteiger partial charge is 0.465 e. The Labute approximate surface area is 123 Å². The highest BCUT2D eigenvalue weighted by Gasteiger charge is 2.10. The Bertz CT molecular complexity index is 756. The Hall–Kier alpha value is -2.35. The molecule has 8 heteroatoms. The Morgan fingerprint density at radius 1 is 1.43 bits per heavy atom. The number of non-ortho nitro benzene ring substituents is 1. The second-order valence-corrected chi connectivity index (χ2v) is 5.10. The summed E-state index contributed by atoms with van der Waals surface area (Å²) in [6.07, 6.45) is 0. The number of nitrogens with one attached hydrogen (secondary N) is 1. The van der Waals surface area contributed by atoms with Crippen molar-refractivity contribution in [2.75, 3.05) is 12.4 Å². The highest BCUT2D eigenvalue weighted by Crippen LogP contribution is 2.22. The van der Waals surface area contributed by atoms with Gasteiger partial charge in [-0.3, -0.25) is 19.7 Å². The van der Waals surface area contributed by atoms with Gasteiger partial charge >= 0.3 is 5.97 Å². The average Bonchev–Trinajstić information content (AvgIpc) is 2.44. The Morgan fingerprint density at radius 2 is 2.19 bits per heavy atom. The number of nitro benzene ring substituents is 1. The summed E-state index contributed by atoms with van der Waals surface area (Å²) in [4.78, 5) is 36.3. The second-order valence-electron chi connectivity index (χ2n) is 4.09. The van der Waals surface area contributed by atoms with E-state index < -0.39 is 16.5 Å². The van der Waals surface area contributed by atoms with Gasteiger partial charge in [-0.05, 0) is 24.4 Å². The molecule has 0 spiro atoms. The van der Waals surface area contributed by atoms with E-state index in [0.29, 0.717) is 15.8 Å². The first-order valence-corrected chi connectivity index (χ1v) is 7.09. The van der Waals surface area contributed by atoms with E-state index in [2.05, 4.69) is 4.98 Å². The summed E-state index contributed by atoms with van der Waals surface area (Å²) >= 11 is 1.07. The number of esters is 1. The van der Waals surface area contributed by atoms with Crippen molar-refractivity contribution in [1.82, 2.24) is 4.98 Å². The number of hydrogen-bond donors (Lipinski definition) is 1. The molecule has 21 heavy (non-hydrogen) atoms. The van der Waals surface area contributed by atoms with Gasteiger partial charge in [0.25, 0.3) is 11.2 Å². The molecule has 0 atom stereocenters. The topological polar surface area (TPSA) is 102 Å². The number of benzene rings is 1. The molecule has 110 valence electrons. The maximum atomic E-state index is 11.9. The molecular formula is C13H12N2O5S. The number of hydrogen-bond acceptors (Lipinski definition) is 6. The molecule has 0 amide bonds. The molecule has 1 heterocycles. The number of ether oxygens (including phenoxy) is 1. The molecular weight excluding hydrogens is 296 g/mol. The van der Waals surface area contributed by atoms with Crippen molar-refractivity contribution in [3.8, 4) is 0 Å². The molecule has 1 aromatic heterocycles. The molecule has 1 aromatic carbocycles. The number of nitrogens with zero attached hydrogens (tertiary/aromatic N) is 1. The summed E-state index contributed by atoms with van der Waals surface area (Å²) in [5.41, 5.74) is -0.0999. The van der Waals surface area contributed by atoms with Gasteiger partial charge in [0.15, 0.2) is 0 Å². The van der Waals surface area contributed by atoms with Gasteiger partial charge in [0.1, 0.15) is 0 Å². The van der Waals surface area contributed by atoms with Gasteiger partial charge in [0.2, 0.25) is 0 Å². The zero-order valence-electron chi connectivity index (χ0n) is 11.1. The van der Waals surface area contributed by atoms with Gasteiger partial charge in [-0.25, -0.2) is 0 Å². The van der Waals surface area contributed by atoms with Crippen molar-refractivity contribution in [3.05, 3.63) is 44.7 Å². The highest BCUT2D eigenvalue weighted by atomic mass is 32.2. The number of thioether (sulfide) groups is 1. The lowest BCUT2D eigenvalue weighted by molar-refractivity contribution is -0.384. The van der Waals surface area contributed by atoms with Gasteiger partial charge in [0.05, 0.1) is 27.7 Å². The van der Waals surface area contributed by atoms with Crippen LogP contribution in [0.4, 0.5) is 5.69 Å². The lowest BCUT2D eigenvalue weighted by atomic mass is 10.2. The van der Waals surface area contributed by atoms with Crippen LogP contribution in [-0.4, -0.2) is 28.2 Å².